The maximum absolute atomic E-state index is 13.0. The summed E-state index contributed by atoms with van der Waals surface area (Å²) in [6.07, 6.45) is 4.45. The number of hydrogen-bond acceptors (Lipinski definition) is 4. The molecular formula is C25H31ClN2O4S. The third-order valence-electron chi connectivity index (χ3n) is 6.43. The van der Waals surface area contributed by atoms with Crippen LogP contribution in [0.1, 0.15) is 31.2 Å². The summed E-state index contributed by atoms with van der Waals surface area (Å²) in [5, 5.41) is 1.39. The molecule has 6 nitrogen and oxygen atoms in total. The summed E-state index contributed by atoms with van der Waals surface area (Å²) < 4.78 is 39.3. The summed E-state index contributed by atoms with van der Waals surface area (Å²) in [6.45, 7) is 1.41. The van der Waals surface area contributed by atoms with E-state index in [-0.39, 0.29) is 10.9 Å². The third kappa shape index (κ3) is 5.61. The zero-order valence-electron chi connectivity index (χ0n) is 19.1. The van der Waals surface area contributed by atoms with Crippen molar-refractivity contribution in [3.05, 3.63) is 53.1 Å². The molecular weight excluding hydrogens is 460 g/mol. The molecule has 0 spiro atoms. The molecule has 2 N–H and O–H groups in total. The first-order valence-corrected chi connectivity index (χ1v) is 13.2. The number of ether oxygens (including phenoxy) is 2. The predicted molar refractivity (Wildman–Crippen MR) is 132 cm³/mol. The molecule has 1 aliphatic rings. The molecule has 0 radical (unpaired) electrons. The third-order valence-corrected chi connectivity index (χ3v) is 8.34. The van der Waals surface area contributed by atoms with Gasteiger partial charge < -0.3 is 14.5 Å². The predicted octanol–water partition coefficient (Wildman–Crippen LogP) is 5.16. The molecule has 0 unspecified atom stereocenters. The van der Waals surface area contributed by atoms with Crippen molar-refractivity contribution in [2.24, 2.45) is 5.92 Å². The van der Waals surface area contributed by atoms with Crippen LogP contribution < -0.4 is 4.72 Å². The minimum Gasteiger partial charge on any atom is -0.384 e. The Balaban J connectivity index is 1.52. The lowest BCUT2D eigenvalue weighted by molar-refractivity contribution is 0.126. The van der Waals surface area contributed by atoms with Crippen LogP contribution >= 0.6 is 11.6 Å². The number of aromatic amines is 1. The zero-order valence-corrected chi connectivity index (χ0v) is 20.6. The highest BCUT2D eigenvalue weighted by Crippen LogP contribution is 2.35. The van der Waals surface area contributed by atoms with Crippen LogP contribution in [0.25, 0.3) is 22.2 Å². The summed E-state index contributed by atoms with van der Waals surface area (Å²) in [5.41, 5.74) is 3.62. The number of halogens is 1. The van der Waals surface area contributed by atoms with Gasteiger partial charge in [-0.3, -0.25) is 0 Å². The fourth-order valence-corrected chi connectivity index (χ4v) is 6.19. The number of sulfonamides is 1. The largest absolute Gasteiger partial charge is 0.384 e. The normalized spacial score (nSPS) is 19.2. The fourth-order valence-electron chi connectivity index (χ4n) is 4.54. The molecule has 178 valence electrons. The van der Waals surface area contributed by atoms with Gasteiger partial charge in [-0.1, -0.05) is 35.9 Å². The number of rotatable bonds is 9. The van der Waals surface area contributed by atoms with E-state index in [1.54, 1.807) is 32.4 Å². The monoisotopic (exact) mass is 490 g/mol. The van der Waals surface area contributed by atoms with Gasteiger partial charge in [-0.15, -0.1) is 0 Å². The average Bonchev–Trinajstić information content (AvgIpc) is 3.15. The van der Waals surface area contributed by atoms with E-state index < -0.39 is 10.0 Å². The second-order valence-electron chi connectivity index (χ2n) is 8.76. The topological polar surface area (TPSA) is 80.4 Å². The Morgan fingerprint density at radius 3 is 2.42 bits per heavy atom. The van der Waals surface area contributed by atoms with Crippen molar-refractivity contribution in [3.8, 4) is 11.3 Å². The van der Waals surface area contributed by atoms with Gasteiger partial charge in [-0.25, -0.2) is 13.1 Å². The van der Waals surface area contributed by atoms with Gasteiger partial charge in [0.1, 0.15) is 0 Å². The Hall–Kier alpha value is -1.90. The molecule has 1 aromatic heterocycles. The Labute approximate surface area is 200 Å². The van der Waals surface area contributed by atoms with Crippen LogP contribution in [0.5, 0.6) is 0 Å². The number of benzene rings is 2. The van der Waals surface area contributed by atoms with Crippen LogP contribution in [0.3, 0.4) is 0 Å². The van der Waals surface area contributed by atoms with Crippen LogP contribution in [0.2, 0.25) is 5.02 Å². The van der Waals surface area contributed by atoms with E-state index in [1.807, 2.05) is 12.1 Å². The summed E-state index contributed by atoms with van der Waals surface area (Å²) in [6, 6.07) is 13.2. The molecule has 0 amide bonds. The van der Waals surface area contributed by atoms with Gasteiger partial charge in [-0.2, -0.15) is 0 Å². The lowest BCUT2D eigenvalue weighted by atomic mass is 9.87. The van der Waals surface area contributed by atoms with E-state index in [0.29, 0.717) is 23.1 Å². The van der Waals surface area contributed by atoms with Crippen molar-refractivity contribution in [1.82, 2.24) is 9.71 Å². The van der Waals surface area contributed by atoms with Gasteiger partial charge in [0.25, 0.3) is 0 Å². The van der Waals surface area contributed by atoms with E-state index in [1.165, 1.54) is 5.56 Å². The number of fused-ring (bicyclic) bond motifs is 1. The molecule has 1 fully saturated rings. The summed E-state index contributed by atoms with van der Waals surface area (Å²) in [4.78, 5) is 3.56. The Morgan fingerprint density at radius 2 is 1.76 bits per heavy atom. The van der Waals surface area contributed by atoms with Gasteiger partial charge in [0.15, 0.2) is 0 Å². The fraction of sp³-hybridized carbons (Fsp3) is 0.440. The van der Waals surface area contributed by atoms with Crippen molar-refractivity contribution in [3.63, 3.8) is 0 Å². The minimum atomic E-state index is -3.62. The van der Waals surface area contributed by atoms with E-state index in [9.17, 15) is 8.42 Å². The molecule has 0 atom stereocenters. The van der Waals surface area contributed by atoms with Crippen molar-refractivity contribution in [2.45, 2.75) is 43.0 Å². The second kappa shape index (κ2) is 10.6. The molecule has 3 aromatic rings. The van der Waals surface area contributed by atoms with Crippen LogP contribution in [0.4, 0.5) is 0 Å². The van der Waals surface area contributed by atoms with Crippen molar-refractivity contribution in [1.29, 1.82) is 0 Å². The maximum Gasteiger partial charge on any atom is 0.240 e. The van der Waals surface area contributed by atoms with Gasteiger partial charge in [-0.05, 0) is 67.3 Å². The van der Waals surface area contributed by atoms with Crippen molar-refractivity contribution >= 4 is 32.5 Å². The molecule has 33 heavy (non-hydrogen) atoms. The summed E-state index contributed by atoms with van der Waals surface area (Å²) >= 11 is 6.65. The van der Waals surface area contributed by atoms with Crippen LogP contribution in [0.15, 0.2) is 47.4 Å². The second-order valence-corrected chi connectivity index (χ2v) is 10.8. The SMILES string of the molecule is COCCc1ccc(-c2[nH]c3cc(S(=O)(=O)N[C@H]4CC[C@H](COC)CC4)ccc3c2Cl)cc1. The van der Waals surface area contributed by atoms with Crippen LogP contribution in [-0.2, 0) is 25.9 Å². The average molecular weight is 491 g/mol. The number of aromatic nitrogens is 1. The standard InChI is InChI=1S/C25H31ClN2O4S/c1-31-14-13-17-3-7-19(8-4-17)25-24(26)22-12-11-21(15-23(22)27-25)33(29,30)28-20-9-5-18(6-10-20)16-32-2/h3-4,7-8,11-12,15,18,20,27-28H,5-6,9-10,13-14,16H2,1-2H3/t18-,20-. The zero-order chi connectivity index (χ0) is 23.4. The lowest BCUT2D eigenvalue weighted by Gasteiger charge is -2.28. The first kappa shape index (κ1) is 24.2. The molecule has 4 rings (SSSR count). The Kier molecular flexibility index (Phi) is 7.76. The molecule has 0 bridgehead atoms. The molecule has 0 saturated heterocycles. The Morgan fingerprint density at radius 1 is 1.03 bits per heavy atom. The molecule has 1 heterocycles. The smallest absolute Gasteiger partial charge is 0.240 e. The highest BCUT2D eigenvalue weighted by atomic mass is 35.5. The quantitative estimate of drug-likeness (QED) is 0.434. The first-order valence-electron chi connectivity index (χ1n) is 11.3. The lowest BCUT2D eigenvalue weighted by Crippen LogP contribution is -2.38. The number of hydrogen-bond donors (Lipinski definition) is 2. The van der Waals surface area contributed by atoms with Crippen molar-refractivity contribution < 1.29 is 17.9 Å². The summed E-state index contributed by atoms with van der Waals surface area (Å²) in [5.74, 6) is 0.514. The van der Waals surface area contributed by atoms with Gasteiger partial charge in [0.05, 0.1) is 22.2 Å². The van der Waals surface area contributed by atoms with Gasteiger partial charge in [0.2, 0.25) is 10.0 Å². The molecule has 8 heteroatoms. The molecule has 0 aliphatic heterocycles. The van der Waals surface area contributed by atoms with E-state index in [2.05, 4.69) is 21.8 Å². The minimum absolute atomic E-state index is 0.0433. The molecule has 1 aliphatic carbocycles. The molecule has 1 saturated carbocycles. The Bertz CT molecular complexity index is 1180. The van der Waals surface area contributed by atoms with Crippen LogP contribution in [-0.4, -0.2) is 46.9 Å². The number of methoxy groups -OCH3 is 2. The van der Waals surface area contributed by atoms with E-state index >= 15 is 0 Å². The van der Waals surface area contributed by atoms with E-state index in [4.69, 9.17) is 21.1 Å². The maximum atomic E-state index is 13.0. The van der Waals surface area contributed by atoms with Crippen LogP contribution in [0, 0.1) is 5.92 Å². The van der Waals surface area contributed by atoms with Crippen molar-refractivity contribution in [2.75, 3.05) is 27.4 Å². The van der Waals surface area contributed by atoms with Gasteiger partial charge >= 0.3 is 0 Å². The number of nitrogens with one attached hydrogen (secondary N) is 2. The highest BCUT2D eigenvalue weighted by Gasteiger charge is 2.26. The van der Waals surface area contributed by atoms with Gasteiger partial charge in [0, 0.05) is 37.8 Å². The molecule has 2 aromatic carbocycles. The van der Waals surface area contributed by atoms with E-state index in [0.717, 1.165) is 55.4 Å². The summed E-state index contributed by atoms with van der Waals surface area (Å²) in [7, 11) is -0.220. The highest BCUT2D eigenvalue weighted by molar-refractivity contribution is 7.89. The number of H-pyrrole nitrogens is 1. The first-order chi connectivity index (χ1) is 15.9.